The first kappa shape index (κ1) is 12.6. The van der Waals surface area contributed by atoms with E-state index in [0.717, 1.165) is 0 Å². The van der Waals surface area contributed by atoms with Gasteiger partial charge in [-0.15, -0.1) is 0 Å². The molecule has 0 amide bonds. The zero-order chi connectivity index (χ0) is 11.6. The number of ether oxygens (including phenoxy) is 1. The Morgan fingerprint density at radius 1 is 1.33 bits per heavy atom. The fourth-order valence-corrected chi connectivity index (χ4v) is 1.66. The van der Waals surface area contributed by atoms with Crippen molar-refractivity contribution in [2.24, 2.45) is 0 Å². The van der Waals surface area contributed by atoms with Crippen LogP contribution < -0.4 is 4.74 Å². The molecule has 15 heavy (non-hydrogen) atoms. The zero-order valence-corrected chi connectivity index (χ0v) is 10.7. The highest BCUT2D eigenvalue weighted by Crippen LogP contribution is 2.32. The molecule has 0 aliphatic rings. The second-order valence-electron chi connectivity index (χ2n) is 2.70. The maximum Gasteiger partial charge on any atom is 0.387 e. The Kier molecular flexibility index (Phi) is 4.21. The molecule has 1 aromatic carbocycles. The van der Waals surface area contributed by atoms with Gasteiger partial charge in [0.1, 0.15) is 5.75 Å². The lowest BCUT2D eigenvalue weighted by Gasteiger charge is -2.10. The van der Waals surface area contributed by atoms with Crippen LogP contribution in [0, 0.1) is 0 Å². The fraction of sp³-hybridized carbons (Fsp3) is 0.222. The third-order valence-corrected chi connectivity index (χ3v) is 3.46. The third kappa shape index (κ3) is 3.24. The van der Waals surface area contributed by atoms with Crippen LogP contribution in [0.1, 0.15) is 17.3 Å². The Balaban J connectivity index is 3.22. The van der Waals surface area contributed by atoms with E-state index in [1.165, 1.54) is 19.1 Å². The van der Waals surface area contributed by atoms with Crippen LogP contribution in [-0.2, 0) is 0 Å². The number of Topliss-reactive ketones (excluding diaryl/α,β-unsaturated/α-hetero) is 1. The van der Waals surface area contributed by atoms with Crippen molar-refractivity contribution in [3.8, 4) is 5.75 Å². The van der Waals surface area contributed by atoms with E-state index in [1.807, 2.05) is 0 Å². The first-order valence-electron chi connectivity index (χ1n) is 3.86. The predicted molar refractivity (Wildman–Crippen MR) is 58.5 cm³/mol. The molecule has 0 aliphatic heterocycles. The molecule has 2 nitrogen and oxygen atoms in total. The molecule has 0 aromatic heterocycles. The lowest BCUT2D eigenvalue weighted by atomic mass is 10.1. The Morgan fingerprint density at radius 2 is 1.87 bits per heavy atom. The number of carbonyl (C=O) groups excluding carboxylic acids is 1. The van der Waals surface area contributed by atoms with Gasteiger partial charge in [-0.25, -0.2) is 0 Å². The molecule has 0 heterocycles. The highest BCUT2D eigenvalue weighted by molar-refractivity contribution is 9.13. The van der Waals surface area contributed by atoms with Gasteiger partial charge in [0.25, 0.3) is 0 Å². The zero-order valence-electron chi connectivity index (χ0n) is 7.56. The molecule has 0 fully saturated rings. The minimum absolute atomic E-state index is 0.116. The lowest BCUT2D eigenvalue weighted by Crippen LogP contribution is -2.06. The van der Waals surface area contributed by atoms with Crippen LogP contribution in [0.25, 0.3) is 0 Å². The molecular formula is C9H6Br2F2O2. The highest BCUT2D eigenvalue weighted by Gasteiger charge is 2.15. The minimum atomic E-state index is -2.95. The molecule has 82 valence electrons. The van der Waals surface area contributed by atoms with Crippen molar-refractivity contribution in [2.75, 3.05) is 0 Å². The summed E-state index contributed by atoms with van der Waals surface area (Å²) < 4.78 is 29.5. The number of ketones is 1. The highest BCUT2D eigenvalue weighted by atomic mass is 79.9. The van der Waals surface area contributed by atoms with Crippen LogP contribution in [0.4, 0.5) is 8.78 Å². The largest absolute Gasteiger partial charge is 0.434 e. The molecule has 0 unspecified atom stereocenters. The summed E-state index contributed by atoms with van der Waals surface area (Å²) in [4.78, 5) is 11.2. The molecule has 0 spiro atoms. The number of rotatable bonds is 3. The van der Waals surface area contributed by atoms with Crippen LogP contribution in [0.3, 0.4) is 0 Å². The van der Waals surface area contributed by atoms with Crippen molar-refractivity contribution >= 4 is 37.6 Å². The lowest BCUT2D eigenvalue weighted by molar-refractivity contribution is -0.0501. The number of alkyl halides is 2. The molecule has 0 radical (unpaired) electrons. The Hall–Kier alpha value is -0.490. The summed E-state index contributed by atoms with van der Waals surface area (Å²) >= 11 is 6.31. The first-order chi connectivity index (χ1) is 6.91. The van der Waals surface area contributed by atoms with E-state index in [1.54, 1.807) is 0 Å². The van der Waals surface area contributed by atoms with Crippen molar-refractivity contribution in [2.45, 2.75) is 13.5 Å². The Labute approximate surface area is 102 Å². The second-order valence-corrected chi connectivity index (χ2v) is 4.41. The van der Waals surface area contributed by atoms with Gasteiger partial charge in [0.05, 0.1) is 5.56 Å². The summed E-state index contributed by atoms with van der Waals surface area (Å²) in [6.45, 7) is -1.66. The van der Waals surface area contributed by atoms with Crippen LogP contribution in [0.2, 0.25) is 0 Å². The standard InChI is InChI=1S/C9H6Br2F2O2/c1-4(14)5-2-6(10)7(11)3-8(5)15-9(12)13/h2-3,9H,1H3. The van der Waals surface area contributed by atoms with E-state index in [4.69, 9.17) is 0 Å². The van der Waals surface area contributed by atoms with Gasteiger partial charge in [-0.1, -0.05) is 0 Å². The minimum Gasteiger partial charge on any atom is -0.434 e. The molecule has 0 N–H and O–H groups in total. The number of halogens is 4. The van der Waals surface area contributed by atoms with Crippen molar-refractivity contribution in [3.05, 3.63) is 26.6 Å². The number of hydrogen-bond acceptors (Lipinski definition) is 2. The molecular weight excluding hydrogens is 338 g/mol. The molecule has 0 saturated heterocycles. The van der Waals surface area contributed by atoms with E-state index >= 15 is 0 Å². The van der Waals surface area contributed by atoms with Gasteiger partial charge in [-0.05, 0) is 50.9 Å². The van der Waals surface area contributed by atoms with Crippen LogP contribution in [0.5, 0.6) is 5.75 Å². The van der Waals surface area contributed by atoms with E-state index in [-0.39, 0.29) is 17.1 Å². The van der Waals surface area contributed by atoms with Gasteiger partial charge >= 0.3 is 6.61 Å². The van der Waals surface area contributed by atoms with E-state index in [9.17, 15) is 13.6 Å². The predicted octanol–water partition coefficient (Wildman–Crippen LogP) is 4.02. The molecule has 0 saturated carbocycles. The van der Waals surface area contributed by atoms with Gasteiger partial charge < -0.3 is 4.74 Å². The molecule has 1 rings (SSSR count). The summed E-state index contributed by atoms with van der Waals surface area (Å²) in [6, 6.07) is 2.76. The summed E-state index contributed by atoms with van der Waals surface area (Å²) in [5.74, 6) is -0.466. The maximum absolute atomic E-state index is 12.0. The molecule has 1 aromatic rings. The van der Waals surface area contributed by atoms with Crippen molar-refractivity contribution in [3.63, 3.8) is 0 Å². The van der Waals surface area contributed by atoms with Crippen LogP contribution in [-0.4, -0.2) is 12.4 Å². The van der Waals surface area contributed by atoms with Gasteiger partial charge in [-0.2, -0.15) is 8.78 Å². The van der Waals surface area contributed by atoms with Crippen molar-refractivity contribution in [1.29, 1.82) is 0 Å². The quantitative estimate of drug-likeness (QED) is 0.775. The van der Waals surface area contributed by atoms with E-state index in [0.29, 0.717) is 8.95 Å². The Bertz CT molecular complexity index is 394. The maximum atomic E-state index is 12.0. The van der Waals surface area contributed by atoms with Crippen LogP contribution >= 0.6 is 31.9 Å². The number of benzene rings is 1. The SMILES string of the molecule is CC(=O)c1cc(Br)c(Br)cc1OC(F)F. The normalized spacial score (nSPS) is 10.5. The van der Waals surface area contributed by atoms with Crippen molar-refractivity contribution < 1.29 is 18.3 Å². The average molecular weight is 344 g/mol. The molecule has 6 heteroatoms. The van der Waals surface area contributed by atoms with Gasteiger partial charge in [-0.3, -0.25) is 4.79 Å². The van der Waals surface area contributed by atoms with E-state index in [2.05, 4.69) is 36.6 Å². The van der Waals surface area contributed by atoms with E-state index < -0.39 is 6.61 Å². The number of carbonyl (C=O) groups is 1. The average Bonchev–Trinajstić information content (AvgIpc) is 2.09. The number of hydrogen-bond donors (Lipinski definition) is 0. The molecule has 0 atom stereocenters. The fourth-order valence-electron chi connectivity index (χ4n) is 0.997. The Morgan fingerprint density at radius 3 is 2.33 bits per heavy atom. The second kappa shape index (κ2) is 5.03. The first-order valence-corrected chi connectivity index (χ1v) is 5.45. The monoisotopic (exact) mass is 342 g/mol. The summed E-state index contributed by atoms with van der Waals surface area (Å²) in [5, 5.41) is 0. The van der Waals surface area contributed by atoms with Gasteiger partial charge in [0.15, 0.2) is 5.78 Å². The van der Waals surface area contributed by atoms with Crippen LogP contribution in [0.15, 0.2) is 21.1 Å². The summed E-state index contributed by atoms with van der Waals surface area (Å²) in [7, 11) is 0. The van der Waals surface area contributed by atoms with Crippen molar-refractivity contribution in [1.82, 2.24) is 0 Å². The smallest absolute Gasteiger partial charge is 0.387 e. The topological polar surface area (TPSA) is 26.3 Å². The van der Waals surface area contributed by atoms with Gasteiger partial charge in [0, 0.05) is 8.95 Å². The summed E-state index contributed by atoms with van der Waals surface area (Å²) in [6.07, 6.45) is 0. The third-order valence-electron chi connectivity index (χ3n) is 1.62. The summed E-state index contributed by atoms with van der Waals surface area (Å²) in [5.41, 5.74) is 0.116. The molecule has 0 bridgehead atoms. The molecule has 0 aliphatic carbocycles. The van der Waals surface area contributed by atoms with Gasteiger partial charge in [0.2, 0.25) is 0 Å².